The molecule has 0 aliphatic carbocycles. The molecule has 18 heavy (non-hydrogen) atoms. The summed E-state index contributed by atoms with van der Waals surface area (Å²) >= 11 is 5.94. The van der Waals surface area contributed by atoms with Crippen LogP contribution in [-0.2, 0) is 6.42 Å². The van der Waals surface area contributed by atoms with E-state index in [4.69, 9.17) is 16.1 Å². The highest BCUT2D eigenvalue weighted by Gasteiger charge is 2.17. The van der Waals surface area contributed by atoms with Crippen molar-refractivity contribution in [2.24, 2.45) is 0 Å². The summed E-state index contributed by atoms with van der Waals surface area (Å²) in [4.78, 5) is 4.02. The molecule has 0 aliphatic heterocycles. The highest BCUT2D eigenvalue weighted by atomic mass is 35.5. The van der Waals surface area contributed by atoms with Crippen LogP contribution in [0.15, 0.2) is 22.7 Å². The van der Waals surface area contributed by atoms with Crippen LogP contribution in [0, 0.1) is 11.6 Å². The van der Waals surface area contributed by atoms with Crippen molar-refractivity contribution in [2.45, 2.75) is 25.1 Å². The van der Waals surface area contributed by atoms with E-state index in [2.05, 4.69) is 10.1 Å². The van der Waals surface area contributed by atoms with E-state index in [1.807, 2.05) is 6.92 Å². The summed E-state index contributed by atoms with van der Waals surface area (Å²) in [5.41, 5.74) is -0.0877. The molecule has 0 bridgehead atoms. The Labute approximate surface area is 108 Å². The van der Waals surface area contributed by atoms with E-state index in [9.17, 15) is 8.78 Å². The lowest BCUT2D eigenvalue weighted by Gasteiger charge is -2.00. The van der Waals surface area contributed by atoms with Crippen molar-refractivity contribution in [2.75, 3.05) is 0 Å². The second kappa shape index (κ2) is 5.44. The van der Waals surface area contributed by atoms with E-state index in [0.29, 0.717) is 12.2 Å². The van der Waals surface area contributed by atoms with Crippen LogP contribution in [0.1, 0.15) is 36.0 Å². The van der Waals surface area contributed by atoms with Crippen molar-refractivity contribution in [3.8, 4) is 0 Å². The van der Waals surface area contributed by atoms with Crippen molar-refractivity contribution in [1.29, 1.82) is 0 Å². The van der Waals surface area contributed by atoms with E-state index < -0.39 is 11.6 Å². The number of rotatable bonds is 4. The monoisotopic (exact) mass is 272 g/mol. The first-order valence-corrected chi connectivity index (χ1v) is 5.95. The summed E-state index contributed by atoms with van der Waals surface area (Å²) in [7, 11) is 0. The zero-order chi connectivity index (χ0) is 13.1. The number of hydrogen-bond acceptors (Lipinski definition) is 3. The zero-order valence-corrected chi connectivity index (χ0v) is 10.4. The first-order chi connectivity index (χ1) is 8.61. The SMILES string of the molecule is CCC(Cl)c1noc(Cc2c(F)cccc2F)n1. The molecule has 1 atom stereocenters. The molecule has 1 unspecified atom stereocenters. The van der Waals surface area contributed by atoms with Crippen molar-refractivity contribution in [3.63, 3.8) is 0 Å². The van der Waals surface area contributed by atoms with Crippen LogP contribution in [-0.4, -0.2) is 10.1 Å². The lowest BCUT2D eigenvalue weighted by atomic mass is 10.1. The number of nitrogens with zero attached hydrogens (tertiary/aromatic N) is 2. The highest BCUT2D eigenvalue weighted by Crippen LogP contribution is 2.22. The van der Waals surface area contributed by atoms with E-state index in [1.54, 1.807) is 0 Å². The van der Waals surface area contributed by atoms with Crippen LogP contribution >= 0.6 is 11.6 Å². The molecule has 1 heterocycles. The lowest BCUT2D eigenvalue weighted by molar-refractivity contribution is 0.375. The Morgan fingerprint density at radius 2 is 2.00 bits per heavy atom. The van der Waals surface area contributed by atoms with E-state index in [0.717, 1.165) is 0 Å². The summed E-state index contributed by atoms with van der Waals surface area (Å²) < 4.78 is 31.7. The van der Waals surface area contributed by atoms with Gasteiger partial charge < -0.3 is 4.52 Å². The van der Waals surface area contributed by atoms with Gasteiger partial charge >= 0.3 is 0 Å². The second-order valence-electron chi connectivity index (χ2n) is 3.80. The molecule has 0 fully saturated rings. The van der Waals surface area contributed by atoms with Gasteiger partial charge in [0.15, 0.2) is 5.82 Å². The van der Waals surface area contributed by atoms with Gasteiger partial charge in [0, 0.05) is 5.56 Å². The van der Waals surface area contributed by atoms with Crippen LogP contribution in [0.4, 0.5) is 8.78 Å². The Morgan fingerprint density at radius 3 is 2.61 bits per heavy atom. The maximum atomic E-state index is 13.4. The summed E-state index contributed by atoms with van der Waals surface area (Å²) in [6.07, 6.45) is 0.563. The summed E-state index contributed by atoms with van der Waals surface area (Å²) in [6.45, 7) is 1.88. The van der Waals surface area contributed by atoms with Crippen LogP contribution in [0.3, 0.4) is 0 Å². The quantitative estimate of drug-likeness (QED) is 0.798. The fraction of sp³-hybridized carbons (Fsp3) is 0.333. The molecule has 3 nitrogen and oxygen atoms in total. The third-order valence-corrected chi connectivity index (χ3v) is 3.02. The van der Waals surface area contributed by atoms with Gasteiger partial charge in [-0.25, -0.2) is 8.78 Å². The molecule has 2 rings (SSSR count). The van der Waals surface area contributed by atoms with E-state index in [-0.39, 0.29) is 23.3 Å². The van der Waals surface area contributed by atoms with E-state index in [1.165, 1.54) is 18.2 Å². The molecular weight excluding hydrogens is 262 g/mol. The number of halogens is 3. The normalized spacial score (nSPS) is 12.7. The Hall–Kier alpha value is -1.49. The average molecular weight is 273 g/mol. The maximum Gasteiger partial charge on any atom is 0.231 e. The smallest absolute Gasteiger partial charge is 0.231 e. The van der Waals surface area contributed by atoms with Gasteiger partial charge in [0.2, 0.25) is 5.89 Å². The number of alkyl halides is 1. The third kappa shape index (κ3) is 2.67. The van der Waals surface area contributed by atoms with Gasteiger partial charge in [-0.15, -0.1) is 11.6 Å². The predicted molar refractivity (Wildman–Crippen MR) is 62.3 cm³/mol. The fourth-order valence-corrected chi connectivity index (χ4v) is 1.59. The molecule has 6 heteroatoms. The Bertz CT molecular complexity index is 524. The maximum absolute atomic E-state index is 13.4. The van der Waals surface area contributed by atoms with Crippen LogP contribution < -0.4 is 0 Å². The number of aromatic nitrogens is 2. The molecule has 0 aliphatic rings. The number of benzene rings is 1. The molecule has 2 aromatic rings. The predicted octanol–water partition coefficient (Wildman–Crippen LogP) is 3.63. The lowest BCUT2D eigenvalue weighted by Crippen LogP contribution is -1.98. The van der Waals surface area contributed by atoms with Gasteiger partial charge in [-0.2, -0.15) is 4.98 Å². The molecule has 0 spiro atoms. The second-order valence-corrected chi connectivity index (χ2v) is 4.33. The Morgan fingerprint density at radius 1 is 1.33 bits per heavy atom. The minimum absolute atomic E-state index is 0.0845. The van der Waals surface area contributed by atoms with Gasteiger partial charge in [-0.1, -0.05) is 18.1 Å². The molecule has 1 aromatic carbocycles. The van der Waals surface area contributed by atoms with Gasteiger partial charge in [0.25, 0.3) is 0 Å². The largest absolute Gasteiger partial charge is 0.339 e. The minimum atomic E-state index is -0.632. The third-order valence-electron chi connectivity index (χ3n) is 2.51. The average Bonchev–Trinajstić information content (AvgIpc) is 2.81. The van der Waals surface area contributed by atoms with Gasteiger partial charge in [0.1, 0.15) is 11.6 Å². The van der Waals surface area contributed by atoms with Crippen LogP contribution in [0.25, 0.3) is 0 Å². The summed E-state index contributed by atoms with van der Waals surface area (Å²) in [5.74, 6) is -0.778. The molecule has 96 valence electrons. The van der Waals surface area contributed by atoms with Crippen molar-refractivity contribution in [3.05, 3.63) is 47.1 Å². The molecule has 0 radical (unpaired) electrons. The first kappa shape index (κ1) is 13.0. The minimum Gasteiger partial charge on any atom is -0.339 e. The Kier molecular flexibility index (Phi) is 3.91. The van der Waals surface area contributed by atoms with Crippen LogP contribution in [0.5, 0.6) is 0 Å². The van der Waals surface area contributed by atoms with Gasteiger partial charge in [0.05, 0.1) is 11.8 Å². The van der Waals surface area contributed by atoms with Gasteiger partial charge in [-0.3, -0.25) is 0 Å². The number of hydrogen-bond donors (Lipinski definition) is 0. The summed E-state index contributed by atoms with van der Waals surface area (Å²) in [6, 6.07) is 3.68. The van der Waals surface area contributed by atoms with Crippen molar-refractivity contribution < 1.29 is 13.3 Å². The standard InChI is InChI=1S/C12H11ClF2N2O/c1-2-8(13)12-16-11(18-17-12)6-7-9(14)4-3-5-10(7)15/h3-5,8H,2,6H2,1H3. The molecular formula is C12H11ClF2N2O. The van der Waals surface area contributed by atoms with E-state index >= 15 is 0 Å². The topological polar surface area (TPSA) is 38.9 Å². The highest BCUT2D eigenvalue weighted by molar-refractivity contribution is 6.20. The molecule has 0 saturated carbocycles. The zero-order valence-electron chi connectivity index (χ0n) is 9.66. The van der Waals surface area contributed by atoms with Crippen molar-refractivity contribution in [1.82, 2.24) is 10.1 Å². The summed E-state index contributed by atoms with van der Waals surface area (Å²) in [5, 5.41) is 3.33. The van der Waals surface area contributed by atoms with Gasteiger partial charge in [-0.05, 0) is 18.6 Å². The van der Waals surface area contributed by atoms with Crippen LogP contribution in [0.2, 0.25) is 0 Å². The fourth-order valence-electron chi connectivity index (χ4n) is 1.50. The van der Waals surface area contributed by atoms with Crippen molar-refractivity contribution >= 4 is 11.6 Å². The first-order valence-electron chi connectivity index (χ1n) is 5.51. The molecule has 0 saturated heterocycles. The molecule has 1 aromatic heterocycles. The molecule has 0 amide bonds. The molecule has 0 N–H and O–H groups in total. The Balaban J connectivity index is 2.21.